The van der Waals surface area contributed by atoms with E-state index in [1.807, 2.05) is 0 Å². The maximum Gasteiger partial charge on any atom is 0.336 e. The standard InChI is InChI=1S/C19H24N2O6/c1-11-8-16(24)27-14-9-12(4-5-13(11)14)21-15(23)6-7-20-18(26)17(25)19(2,3)10-22/h4-5,8-9,17,22,25H,6-7,10H2,1-3H3,(H,20,26)(H,21,23)/t17-/m0/s1. The summed E-state index contributed by atoms with van der Waals surface area (Å²) in [6.45, 7) is 4.60. The number of nitrogens with one attached hydrogen (secondary N) is 2. The van der Waals surface area contributed by atoms with Crippen LogP contribution in [0, 0.1) is 12.3 Å². The summed E-state index contributed by atoms with van der Waals surface area (Å²) >= 11 is 0. The van der Waals surface area contributed by atoms with Crippen LogP contribution in [0.25, 0.3) is 11.0 Å². The number of hydrogen-bond donors (Lipinski definition) is 4. The smallest absolute Gasteiger partial charge is 0.336 e. The van der Waals surface area contributed by atoms with E-state index < -0.39 is 23.1 Å². The minimum Gasteiger partial charge on any atom is -0.423 e. The van der Waals surface area contributed by atoms with Crippen molar-refractivity contribution in [2.45, 2.75) is 33.3 Å². The Morgan fingerprint density at radius 3 is 2.63 bits per heavy atom. The first-order chi connectivity index (χ1) is 12.6. The molecule has 1 aromatic carbocycles. The Labute approximate surface area is 156 Å². The largest absolute Gasteiger partial charge is 0.423 e. The quantitative estimate of drug-likeness (QED) is 0.532. The van der Waals surface area contributed by atoms with Gasteiger partial charge in [0, 0.05) is 41.6 Å². The van der Waals surface area contributed by atoms with Gasteiger partial charge in [0.15, 0.2) is 0 Å². The lowest BCUT2D eigenvalue weighted by molar-refractivity contribution is -0.137. The third kappa shape index (κ3) is 5.15. The van der Waals surface area contributed by atoms with Gasteiger partial charge in [0.25, 0.3) is 0 Å². The van der Waals surface area contributed by atoms with Crippen molar-refractivity contribution in [3.63, 3.8) is 0 Å². The summed E-state index contributed by atoms with van der Waals surface area (Å²) in [7, 11) is 0. The van der Waals surface area contributed by atoms with Crippen molar-refractivity contribution >= 4 is 28.5 Å². The third-order valence-electron chi connectivity index (χ3n) is 4.28. The van der Waals surface area contributed by atoms with Gasteiger partial charge < -0.3 is 25.3 Å². The summed E-state index contributed by atoms with van der Waals surface area (Å²) < 4.78 is 5.13. The number of rotatable bonds is 7. The highest BCUT2D eigenvalue weighted by Gasteiger charge is 2.32. The fourth-order valence-electron chi connectivity index (χ4n) is 2.46. The summed E-state index contributed by atoms with van der Waals surface area (Å²) in [5.74, 6) is -0.995. The zero-order valence-electron chi connectivity index (χ0n) is 15.5. The highest BCUT2D eigenvalue weighted by molar-refractivity contribution is 5.94. The van der Waals surface area contributed by atoms with Gasteiger partial charge in [-0.1, -0.05) is 13.8 Å². The number of benzene rings is 1. The van der Waals surface area contributed by atoms with Crippen LogP contribution in [0.3, 0.4) is 0 Å². The molecule has 27 heavy (non-hydrogen) atoms. The van der Waals surface area contributed by atoms with E-state index in [9.17, 15) is 19.5 Å². The van der Waals surface area contributed by atoms with Crippen LogP contribution in [-0.4, -0.2) is 41.3 Å². The molecule has 1 atom stereocenters. The minimum atomic E-state index is -1.38. The van der Waals surface area contributed by atoms with Crippen LogP contribution in [0.4, 0.5) is 5.69 Å². The van der Waals surface area contributed by atoms with Gasteiger partial charge in [0.2, 0.25) is 11.8 Å². The molecule has 4 N–H and O–H groups in total. The number of hydrogen-bond acceptors (Lipinski definition) is 6. The molecule has 0 radical (unpaired) electrons. The molecule has 0 aliphatic rings. The highest BCUT2D eigenvalue weighted by atomic mass is 16.4. The molecule has 2 aromatic rings. The summed E-state index contributed by atoms with van der Waals surface area (Å²) in [5.41, 5.74) is 0.190. The normalized spacial score (nSPS) is 12.6. The lowest BCUT2D eigenvalue weighted by Crippen LogP contribution is -2.46. The molecule has 1 heterocycles. The predicted octanol–water partition coefficient (Wildman–Crippen LogP) is 0.926. The van der Waals surface area contributed by atoms with Gasteiger partial charge in [-0.25, -0.2) is 4.79 Å². The van der Waals surface area contributed by atoms with E-state index >= 15 is 0 Å². The number of anilines is 1. The zero-order valence-corrected chi connectivity index (χ0v) is 15.5. The molecular weight excluding hydrogens is 352 g/mol. The van der Waals surface area contributed by atoms with Crippen molar-refractivity contribution in [3.8, 4) is 0 Å². The van der Waals surface area contributed by atoms with Gasteiger partial charge >= 0.3 is 5.63 Å². The minimum absolute atomic E-state index is 0.00613. The summed E-state index contributed by atoms with van der Waals surface area (Å²) in [4.78, 5) is 35.3. The van der Waals surface area contributed by atoms with Gasteiger partial charge in [-0.15, -0.1) is 0 Å². The van der Waals surface area contributed by atoms with Gasteiger partial charge in [0.05, 0.1) is 6.61 Å². The predicted molar refractivity (Wildman–Crippen MR) is 100 cm³/mol. The monoisotopic (exact) mass is 376 g/mol. The first-order valence-corrected chi connectivity index (χ1v) is 8.55. The number of aliphatic hydroxyl groups excluding tert-OH is 2. The van der Waals surface area contributed by atoms with E-state index in [0.717, 1.165) is 10.9 Å². The Kier molecular flexibility index (Phi) is 6.35. The van der Waals surface area contributed by atoms with Crippen LogP contribution in [0.5, 0.6) is 0 Å². The Morgan fingerprint density at radius 2 is 1.96 bits per heavy atom. The Morgan fingerprint density at radius 1 is 1.26 bits per heavy atom. The fraction of sp³-hybridized carbons (Fsp3) is 0.421. The van der Waals surface area contributed by atoms with Crippen LogP contribution in [-0.2, 0) is 9.59 Å². The van der Waals surface area contributed by atoms with Gasteiger partial charge in [-0.05, 0) is 24.6 Å². The fourth-order valence-corrected chi connectivity index (χ4v) is 2.46. The zero-order chi connectivity index (χ0) is 20.2. The van der Waals surface area contributed by atoms with Crippen LogP contribution in [0.1, 0.15) is 25.8 Å². The van der Waals surface area contributed by atoms with E-state index in [0.29, 0.717) is 11.3 Å². The van der Waals surface area contributed by atoms with Gasteiger partial charge in [-0.2, -0.15) is 0 Å². The molecule has 0 saturated carbocycles. The van der Waals surface area contributed by atoms with E-state index in [-0.39, 0.29) is 25.5 Å². The first kappa shape index (κ1) is 20.6. The summed E-state index contributed by atoms with van der Waals surface area (Å²) in [6.07, 6.45) is -1.38. The topological polar surface area (TPSA) is 129 Å². The van der Waals surface area contributed by atoms with Crippen LogP contribution in [0.15, 0.2) is 33.5 Å². The Balaban J connectivity index is 1.92. The van der Waals surface area contributed by atoms with Crippen molar-refractivity contribution in [1.82, 2.24) is 5.32 Å². The second-order valence-corrected chi connectivity index (χ2v) is 7.10. The molecular formula is C19H24N2O6. The highest BCUT2D eigenvalue weighted by Crippen LogP contribution is 2.21. The Bertz CT molecular complexity index is 903. The molecule has 0 unspecified atom stereocenters. The second-order valence-electron chi connectivity index (χ2n) is 7.10. The van der Waals surface area contributed by atoms with Crippen LogP contribution in [0.2, 0.25) is 0 Å². The first-order valence-electron chi connectivity index (χ1n) is 8.55. The molecule has 0 saturated heterocycles. The lowest BCUT2D eigenvalue weighted by Gasteiger charge is -2.27. The number of carbonyl (C=O) groups is 2. The lowest BCUT2D eigenvalue weighted by atomic mass is 9.87. The van der Waals surface area contributed by atoms with E-state index in [1.54, 1.807) is 39.0 Å². The van der Waals surface area contributed by atoms with Gasteiger partial charge in [-0.3, -0.25) is 9.59 Å². The molecule has 0 aliphatic carbocycles. The summed E-state index contributed by atoms with van der Waals surface area (Å²) in [6, 6.07) is 6.40. The van der Waals surface area contributed by atoms with Crippen molar-refractivity contribution in [1.29, 1.82) is 0 Å². The van der Waals surface area contributed by atoms with Crippen molar-refractivity contribution < 1.29 is 24.2 Å². The van der Waals surface area contributed by atoms with Gasteiger partial charge in [0.1, 0.15) is 11.7 Å². The second kappa shape index (κ2) is 8.32. The Hall–Kier alpha value is -2.71. The van der Waals surface area contributed by atoms with Crippen LogP contribution >= 0.6 is 0 Å². The van der Waals surface area contributed by atoms with Crippen molar-refractivity contribution in [2.75, 3.05) is 18.5 Å². The maximum atomic E-state index is 12.0. The molecule has 146 valence electrons. The molecule has 2 rings (SSSR count). The number of aliphatic hydroxyl groups is 2. The average molecular weight is 376 g/mol. The van der Waals surface area contributed by atoms with E-state index in [2.05, 4.69) is 10.6 Å². The molecule has 8 nitrogen and oxygen atoms in total. The number of aryl methyl sites for hydroxylation is 1. The van der Waals surface area contributed by atoms with Crippen molar-refractivity contribution in [2.24, 2.45) is 5.41 Å². The summed E-state index contributed by atoms with van der Waals surface area (Å²) in [5, 5.41) is 25.0. The molecule has 1 aromatic heterocycles. The number of carbonyl (C=O) groups excluding carboxylic acids is 2. The average Bonchev–Trinajstić information content (AvgIpc) is 2.60. The third-order valence-corrected chi connectivity index (χ3v) is 4.28. The molecule has 2 amide bonds. The molecule has 0 spiro atoms. The molecule has 0 fully saturated rings. The van der Waals surface area contributed by atoms with Crippen LogP contribution < -0.4 is 16.3 Å². The maximum absolute atomic E-state index is 12.0. The van der Waals surface area contributed by atoms with Crippen molar-refractivity contribution in [3.05, 3.63) is 40.2 Å². The SMILES string of the molecule is Cc1cc(=O)oc2cc(NC(=O)CCNC(=O)[C@H](O)C(C)(C)CO)ccc12. The van der Waals surface area contributed by atoms with E-state index in [4.69, 9.17) is 9.52 Å². The molecule has 0 bridgehead atoms. The number of fused-ring (bicyclic) bond motifs is 1. The van der Waals surface area contributed by atoms with E-state index in [1.165, 1.54) is 6.07 Å². The number of amides is 2. The molecule has 8 heteroatoms. The molecule has 0 aliphatic heterocycles.